The third kappa shape index (κ3) is 7.23. The molecule has 5 nitrogen and oxygen atoms in total. The lowest BCUT2D eigenvalue weighted by Gasteiger charge is -2.18. The van der Waals surface area contributed by atoms with Gasteiger partial charge in [0.15, 0.2) is 0 Å². The molecule has 0 atom stereocenters. The number of hydrogen-bond donors (Lipinski definition) is 0. The van der Waals surface area contributed by atoms with E-state index in [1.54, 1.807) is 6.92 Å². The quantitative estimate of drug-likeness (QED) is 0.579. The van der Waals surface area contributed by atoms with E-state index in [2.05, 4.69) is 4.74 Å². The highest BCUT2D eigenvalue weighted by molar-refractivity contribution is 5.71. The molecule has 0 spiro atoms. The average Bonchev–Trinajstić information content (AvgIpc) is 2.27. The lowest BCUT2D eigenvalue weighted by atomic mass is 10.3. The lowest BCUT2D eigenvalue weighted by molar-refractivity contribution is -0.144. The summed E-state index contributed by atoms with van der Waals surface area (Å²) in [4.78, 5) is 24.0. The van der Waals surface area contributed by atoms with Gasteiger partial charge in [-0.1, -0.05) is 6.92 Å². The number of rotatable bonds is 8. The summed E-state index contributed by atoms with van der Waals surface area (Å²) >= 11 is 0. The van der Waals surface area contributed by atoms with E-state index < -0.39 is 0 Å². The van der Waals surface area contributed by atoms with Crippen molar-refractivity contribution in [1.82, 2.24) is 4.90 Å². The van der Waals surface area contributed by atoms with Gasteiger partial charge in [-0.3, -0.25) is 14.5 Å². The minimum absolute atomic E-state index is 0.216. The van der Waals surface area contributed by atoms with Crippen LogP contribution >= 0.6 is 0 Å². The van der Waals surface area contributed by atoms with Crippen LogP contribution < -0.4 is 0 Å². The predicted molar refractivity (Wildman–Crippen MR) is 60.0 cm³/mol. The zero-order valence-corrected chi connectivity index (χ0v) is 10.3. The van der Waals surface area contributed by atoms with Crippen molar-refractivity contribution in [3.63, 3.8) is 0 Å². The molecule has 0 fully saturated rings. The third-order valence-corrected chi connectivity index (χ3v) is 2.19. The molecule has 94 valence electrons. The monoisotopic (exact) mass is 231 g/mol. The van der Waals surface area contributed by atoms with E-state index in [0.29, 0.717) is 26.0 Å². The van der Waals surface area contributed by atoms with E-state index in [0.717, 1.165) is 6.54 Å². The van der Waals surface area contributed by atoms with Gasteiger partial charge in [0.05, 0.1) is 20.3 Å². The Hall–Kier alpha value is -1.10. The van der Waals surface area contributed by atoms with Gasteiger partial charge in [-0.25, -0.2) is 0 Å². The summed E-state index contributed by atoms with van der Waals surface area (Å²) in [6, 6.07) is 0. The molecule has 0 amide bonds. The number of ether oxygens (including phenoxy) is 2. The van der Waals surface area contributed by atoms with Crippen LogP contribution in [0.5, 0.6) is 0 Å². The van der Waals surface area contributed by atoms with Gasteiger partial charge in [0, 0.05) is 6.42 Å². The van der Waals surface area contributed by atoms with Crippen LogP contribution in [0.15, 0.2) is 0 Å². The molecule has 0 radical (unpaired) electrons. The number of esters is 2. The Morgan fingerprint density at radius 1 is 1.19 bits per heavy atom. The Labute approximate surface area is 96.7 Å². The summed E-state index contributed by atoms with van der Waals surface area (Å²) in [5.74, 6) is -0.436. The molecule has 16 heavy (non-hydrogen) atoms. The lowest BCUT2D eigenvalue weighted by Crippen LogP contribution is -2.32. The number of nitrogens with zero attached hydrogens (tertiary/aromatic N) is 1. The SMILES string of the molecule is CCOC(=O)CN(CC)CCCC(=O)OC. The van der Waals surface area contributed by atoms with Crippen molar-refractivity contribution < 1.29 is 19.1 Å². The van der Waals surface area contributed by atoms with Gasteiger partial charge in [-0.2, -0.15) is 0 Å². The van der Waals surface area contributed by atoms with Crippen LogP contribution in [0.3, 0.4) is 0 Å². The maximum atomic E-state index is 11.2. The molecule has 0 aliphatic heterocycles. The Morgan fingerprint density at radius 3 is 2.38 bits per heavy atom. The smallest absolute Gasteiger partial charge is 0.320 e. The predicted octanol–water partition coefficient (Wildman–Crippen LogP) is 0.825. The molecule has 0 aromatic carbocycles. The Kier molecular flexibility index (Phi) is 8.52. The molecular formula is C11H21NO4. The molecule has 0 aliphatic rings. The summed E-state index contributed by atoms with van der Waals surface area (Å²) in [6.45, 7) is 5.90. The van der Waals surface area contributed by atoms with Crippen LogP contribution in [0.4, 0.5) is 0 Å². The normalized spacial score (nSPS) is 10.2. The molecular weight excluding hydrogens is 210 g/mol. The van der Waals surface area contributed by atoms with E-state index in [9.17, 15) is 9.59 Å². The van der Waals surface area contributed by atoms with Crippen molar-refractivity contribution in [1.29, 1.82) is 0 Å². The van der Waals surface area contributed by atoms with Gasteiger partial charge >= 0.3 is 11.9 Å². The van der Waals surface area contributed by atoms with Crippen molar-refractivity contribution in [2.75, 3.05) is 33.4 Å². The Balaban J connectivity index is 3.74. The van der Waals surface area contributed by atoms with Crippen LogP contribution in [-0.4, -0.2) is 50.2 Å². The zero-order valence-electron chi connectivity index (χ0n) is 10.3. The second kappa shape index (κ2) is 9.15. The minimum atomic E-state index is -0.220. The summed E-state index contributed by atoms with van der Waals surface area (Å²) < 4.78 is 9.39. The molecule has 0 rings (SSSR count). The van der Waals surface area contributed by atoms with Gasteiger partial charge in [0.25, 0.3) is 0 Å². The van der Waals surface area contributed by atoms with Crippen molar-refractivity contribution >= 4 is 11.9 Å². The van der Waals surface area contributed by atoms with E-state index in [4.69, 9.17) is 4.74 Å². The molecule has 0 aliphatic carbocycles. The first-order valence-electron chi connectivity index (χ1n) is 5.58. The third-order valence-electron chi connectivity index (χ3n) is 2.19. The fourth-order valence-electron chi connectivity index (χ4n) is 1.29. The maximum absolute atomic E-state index is 11.2. The average molecular weight is 231 g/mol. The standard InChI is InChI=1S/C11H21NO4/c1-4-12(9-11(14)16-5-2)8-6-7-10(13)15-3/h4-9H2,1-3H3. The largest absolute Gasteiger partial charge is 0.469 e. The molecule has 0 unspecified atom stereocenters. The zero-order chi connectivity index (χ0) is 12.4. The summed E-state index contributed by atoms with van der Waals surface area (Å²) in [5, 5.41) is 0. The molecule has 0 aromatic heterocycles. The first kappa shape index (κ1) is 14.9. The second-order valence-corrected chi connectivity index (χ2v) is 3.35. The van der Waals surface area contributed by atoms with Gasteiger partial charge in [-0.05, 0) is 26.4 Å². The second-order valence-electron chi connectivity index (χ2n) is 3.35. The number of carbonyl (C=O) groups excluding carboxylic acids is 2. The molecule has 0 bridgehead atoms. The van der Waals surface area contributed by atoms with Crippen molar-refractivity contribution in [2.45, 2.75) is 26.7 Å². The number of hydrogen-bond acceptors (Lipinski definition) is 5. The van der Waals surface area contributed by atoms with Crippen LogP contribution in [0.2, 0.25) is 0 Å². The highest BCUT2D eigenvalue weighted by atomic mass is 16.5. The van der Waals surface area contributed by atoms with Gasteiger partial charge in [0.1, 0.15) is 0 Å². The van der Waals surface area contributed by atoms with Crippen molar-refractivity contribution in [3.8, 4) is 0 Å². The molecule has 5 heteroatoms. The van der Waals surface area contributed by atoms with Crippen molar-refractivity contribution in [2.24, 2.45) is 0 Å². The van der Waals surface area contributed by atoms with Crippen LogP contribution in [-0.2, 0) is 19.1 Å². The van der Waals surface area contributed by atoms with E-state index in [1.165, 1.54) is 7.11 Å². The summed E-state index contributed by atoms with van der Waals surface area (Å²) in [7, 11) is 1.37. The molecule has 0 aromatic rings. The van der Waals surface area contributed by atoms with Gasteiger partial charge in [-0.15, -0.1) is 0 Å². The fraction of sp³-hybridized carbons (Fsp3) is 0.818. The van der Waals surface area contributed by atoms with Crippen LogP contribution in [0, 0.1) is 0 Å². The molecule has 0 heterocycles. The van der Waals surface area contributed by atoms with E-state index >= 15 is 0 Å². The molecule has 0 saturated carbocycles. The summed E-state index contributed by atoms with van der Waals surface area (Å²) in [6.07, 6.45) is 1.08. The van der Waals surface area contributed by atoms with E-state index in [1.807, 2.05) is 11.8 Å². The Bertz CT molecular complexity index is 218. The highest BCUT2D eigenvalue weighted by Gasteiger charge is 2.10. The number of carbonyl (C=O) groups is 2. The topological polar surface area (TPSA) is 55.8 Å². The van der Waals surface area contributed by atoms with E-state index in [-0.39, 0.29) is 18.5 Å². The number of likely N-dealkylation sites (N-methyl/N-ethyl adjacent to an activating group) is 1. The van der Waals surface area contributed by atoms with Crippen LogP contribution in [0.1, 0.15) is 26.7 Å². The Morgan fingerprint density at radius 2 is 1.88 bits per heavy atom. The fourth-order valence-corrected chi connectivity index (χ4v) is 1.29. The molecule has 0 saturated heterocycles. The first-order valence-corrected chi connectivity index (χ1v) is 5.58. The maximum Gasteiger partial charge on any atom is 0.320 e. The van der Waals surface area contributed by atoms with Crippen molar-refractivity contribution in [3.05, 3.63) is 0 Å². The molecule has 0 N–H and O–H groups in total. The van der Waals surface area contributed by atoms with Gasteiger partial charge in [0.2, 0.25) is 0 Å². The number of methoxy groups -OCH3 is 1. The first-order chi connectivity index (χ1) is 7.63. The highest BCUT2D eigenvalue weighted by Crippen LogP contribution is 1.97. The summed E-state index contributed by atoms with van der Waals surface area (Å²) in [5.41, 5.74) is 0. The minimum Gasteiger partial charge on any atom is -0.469 e. The van der Waals surface area contributed by atoms with Crippen LogP contribution in [0.25, 0.3) is 0 Å². The van der Waals surface area contributed by atoms with Gasteiger partial charge < -0.3 is 9.47 Å².